The molecule has 0 aliphatic heterocycles. The van der Waals surface area contributed by atoms with E-state index in [-0.39, 0.29) is 4.90 Å². The van der Waals surface area contributed by atoms with Crippen LogP contribution in [-0.4, -0.2) is 30.7 Å². The SMILES string of the molecule is Cc1n[nH]c(C)c1S(=O)(=O)NC1(CN)CCCCCCC1. The lowest BCUT2D eigenvalue weighted by molar-refractivity contribution is 0.296. The van der Waals surface area contributed by atoms with Gasteiger partial charge in [0.25, 0.3) is 0 Å². The van der Waals surface area contributed by atoms with Gasteiger partial charge in [0.1, 0.15) is 4.90 Å². The van der Waals surface area contributed by atoms with Gasteiger partial charge < -0.3 is 5.73 Å². The largest absolute Gasteiger partial charge is 0.329 e. The van der Waals surface area contributed by atoms with Crippen LogP contribution in [-0.2, 0) is 10.0 Å². The van der Waals surface area contributed by atoms with Gasteiger partial charge in [0, 0.05) is 12.1 Å². The maximum absolute atomic E-state index is 12.7. The normalized spacial score (nSPS) is 20.0. The molecular formula is C14H26N4O2S. The zero-order valence-electron chi connectivity index (χ0n) is 12.9. The molecule has 1 aromatic rings. The summed E-state index contributed by atoms with van der Waals surface area (Å²) in [6.07, 6.45) is 7.16. The quantitative estimate of drug-likeness (QED) is 0.788. The van der Waals surface area contributed by atoms with Gasteiger partial charge in [-0.2, -0.15) is 5.10 Å². The van der Waals surface area contributed by atoms with E-state index in [2.05, 4.69) is 14.9 Å². The van der Waals surface area contributed by atoms with Crippen molar-refractivity contribution in [2.45, 2.75) is 69.2 Å². The first-order valence-electron chi connectivity index (χ1n) is 7.66. The van der Waals surface area contributed by atoms with Gasteiger partial charge in [-0.3, -0.25) is 5.10 Å². The van der Waals surface area contributed by atoms with E-state index in [1.807, 2.05) is 0 Å². The van der Waals surface area contributed by atoms with Gasteiger partial charge in [-0.25, -0.2) is 13.1 Å². The standard InChI is InChI=1S/C14H26N4O2S/c1-11-13(12(2)17-16-11)21(19,20)18-14(10-15)8-6-4-3-5-7-9-14/h18H,3-10,15H2,1-2H3,(H,16,17). The molecule has 2 rings (SSSR count). The molecule has 0 aromatic carbocycles. The molecule has 6 nitrogen and oxygen atoms in total. The number of aromatic amines is 1. The summed E-state index contributed by atoms with van der Waals surface area (Å²) in [6.45, 7) is 3.76. The Morgan fingerprint density at radius 3 is 2.24 bits per heavy atom. The smallest absolute Gasteiger partial charge is 0.244 e. The fraction of sp³-hybridized carbons (Fsp3) is 0.786. The third-order valence-corrected chi connectivity index (χ3v) is 6.22. The monoisotopic (exact) mass is 314 g/mol. The molecule has 1 fully saturated rings. The third-order valence-electron chi connectivity index (χ3n) is 4.38. The Bertz CT molecular complexity index is 552. The summed E-state index contributed by atoms with van der Waals surface area (Å²) in [6, 6.07) is 0. The minimum absolute atomic E-state index is 0.261. The predicted octanol–water partition coefficient (Wildman–Crippen LogP) is 1.75. The highest BCUT2D eigenvalue weighted by molar-refractivity contribution is 7.89. The number of aryl methyl sites for hydroxylation is 2. The maximum atomic E-state index is 12.7. The van der Waals surface area contributed by atoms with Crippen LogP contribution in [0, 0.1) is 13.8 Å². The number of nitrogens with one attached hydrogen (secondary N) is 2. The molecule has 0 atom stereocenters. The summed E-state index contributed by atoms with van der Waals surface area (Å²) >= 11 is 0. The van der Waals surface area contributed by atoms with Gasteiger partial charge >= 0.3 is 0 Å². The Balaban J connectivity index is 2.27. The van der Waals surface area contributed by atoms with Gasteiger partial charge in [0.05, 0.1) is 11.4 Å². The number of nitrogens with zero attached hydrogens (tertiary/aromatic N) is 1. The van der Waals surface area contributed by atoms with E-state index < -0.39 is 15.6 Å². The third kappa shape index (κ3) is 3.64. The van der Waals surface area contributed by atoms with Crippen molar-refractivity contribution in [1.82, 2.24) is 14.9 Å². The van der Waals surface area contributed by atoms with E-state index in [4.69, 9.17) is 5.73 Å². The number of hydrogen-bond acceptors (Lipinski definition) is 4. The van der Waals surface area contributed by atoms with Crippen LogP contribution < -0.4 is 10.5 Å². The lowest BCUT2D eigenvalue weighted by Crippen LogP contribution is -2.53. The van der Waals surface area contributed by atoms with Gasteiger partial charge in [-0.1, -0.05) is 32.1 Å². The number of hydrogen-bond donors (Lipinski definition) is 3. The predicted molar refractivity (Wildman–Crippen MR) is 82.5 cm³/mol. The number of rotatable bonds is 4. The van der Waals surface area contributed by atoms with Crippen molar-refractivity contribution in [3.63, 3.8) is 0 Å². The van der Waals surface area contributed by atoms with E-state index in [0.717, 1.165) is 38.5 Å². The topological polar surface area (TPSA) is 101 Å². The van der Waals surface area contributed by atoms with Crippen LogP contribution in [0.2, 0.25) is 0 Å². The number of H-pyrrole nitrogens is 1. The van der Waals surface area contributed by atoms with E-state index in [1.54, 1.807) is 13.8 Å². The van der Waals surface area contributed by atoms with Crippen LogP contribution in [0.1, 0.15) is 56.3 Å². The van der Waals surface area contributed by atoms with Crippen LogP contribution in [0.4, 0.5) is 0 Å². The molecule has 0 spiro atoms. The molecule has 1 aliphatic rings. The van der Waals surface area contributed by atoms with Crippen LogP contribution in [0.15, 0.2) is 4.90 Å². The second-order valence-electron chi connectivity index (χ2n) is 6.12. The molecule has 1 heterocycles. The van der Waals surface area contributed by atoms with Gasteiger partial charge in [0.15, 0.2) is 0 Å². The van der Waals surface area contributed by atoms with Crippen molar-refractivity contribution in [3.05, 3.63) is 11.4 Å². The molecule has 4 N–H and O–H groups in total. The summed E-state index contributed by atoms with van der Waals surface area (Å²) < 4.78 is 28.4. The number of sulfonamides is 1. The lowest BCUT2D eigenvalue weighted by Gasteiger charge is -2.35. The first kappa shape index (κ1) is 16.5. The fourth-order valence-corrected chi connectivity index (χ4v) is 5.05. The zero-order valence-corrected chi connectivity index (χ0v) is 13.7. The average Bonchev–Trinajstić information content (AvgIpc) is 2.73. The highest BCUT2D eigenvalue weighted by Gasteiger charge is 2.35. The minimum Gasteiger partial charge on any atom is -0.329 e. The van der Waals surface area contributed by atoms with E-state index in [9.17, 15) is 8.42 Å². The molecule has 0 unspecified atom stereocenters. The summed E-state index contributed by atoms with van der Waals surface area (Å²) in [7, 11) is -3.60. The molecule has 1 aliphatic carbocycles. The first-order valence-corrected chi connectivity index (χ1v) is 9.14. The second-order valence-corrected chi connectivity index (χ2v) is 7.74. The molecule has 120 valence electrons. The Labute approximate surface area is 126 Å². The van der Waals surface area contributed by atoms with Crippen molar-refractivity contribution >= 4 is 10.0 Å². The Hall–Kier alpha value is -0.920. The fourth-order valence-electron chi connectivity index (χ4n) is 3.20. The van der Waals surface area contributed by atoms with E-state index >= 15 is 0 Å². The summed E-state index contributed by atoms with van der Waals surface area (Å²) in [5.41, 5.74) is 6.49. The van der Waals surface area contributed by atoms with Crippen molar-refractivity contribution in [1.29, 1.82) is 0 Å². The zero-order chi connectivity index (χ0) is 15.5. The number of aromatic nitrogens is 2. The number of nitrogens with two attached hydrogens (primary N) is 1. The molecule has 0 bridgehead atoms. The van der Waals surface area contributed by atoms with Crippen LogP contribution in [0.5, 0.6) is 0 Å². The molecule has 0 amide bonds. The maximum Gasteiger partial charge on any atom is 0.244 e. The molecule has 1 saturated carbocycles. The molecule has 0 radical (unpaired) electrons. The second kappa shape index (κ2) is 6.46. The average molecular weight is 314 g/mol. The Morgan fingerprint density at radius 1 is 1.19 bits per heavy atom. The van der Waals surface area contributed by atoms with Crippen molar-refractivity contribution in [3.8, 4) is 0 Å². The molecule has 1 aromatic heterocycles. The van der Waals surface area contributed by atoms with Crippen molar-refractivity contribution in [2.24, 2.45) is 5.73 Å². The molecular weight excluding hydrogens is 288 g/mol. The van der Waals surface area contributed by atoms with Crippen LogP contribution in [0.25, 0.3) is 0 Å². The van der Waals surface area contributed by atoms with Crippen LogP contribution in [0.3, 0.4) is 0 Å². The van der Waals surface area contributed by atoms with E-state index in [0.29, 0.717) is 17.9 Å². The minimum atomic E-state index is -3.60. The summed E-state index contributed by atoms with van der Waals surface area (Å²) in [5, 5.41) is 6.71. The Morgan fingerprint density at radius 2 is 1.76 bits per heavy atom. The molecule has 21 heavy (non-hydrogen) atoms. The summed E-state index contributed by atoms with van der Waals surface area (Å²) in [4.78, 5) is 0.261. The lowest BCUT2D eigenvalue weighted by atomic mass is 9.85. The Kier molecular flexibility index (Phi) is 5.06. The van der Waals surface area contributed by atoms with Crippen molar-refractivity contribution in [2.75, 3.05) is 6.54 Å². The van der Waals surface area contributed by atoms with Crippen molar-refractivity contribution < 1.29 is 8.42 Å². The molecule has 0 saturated heterocycles. The first-order chi connectivity index (χ1) is 9.90. The molecule has 7 heteroatoms. The highest BCUT2D eigenvalue weighted by Crippen LogP contribution is 2.28. The van der Waals surface area contributed by atoms with Gasteiger partial charge in [-0.05, 0) is 26.7 Å². The van der Waals surface area contributed by atoms with Gasteiger partial charge in [0.2, 0.25) is 10.0 Å². The van der Waals surface area contributed by atoms with E-state index in [1.165, 1.54) is 6.42 Å². The van der Waals surface area contributed by atoms with Gasteiger partial charge in [-0.15, -0.1) is 0 Å². The van der Waals surface area contributed by atoms with Crippen LogP contribution >= 0.6 is 0 Å². The summed E-state index contributed by atoms with van der Waals surface area (Å²) in [5.74, 6) is 0. The highest BCUT2D eigenvalue weighted by atomic mass is 32.2.